The molecule has 2 heteroatoms. The fraction of sp³-hybridized carbons (Fsp3) is 0.133. The Hall–Kier alpha value is -0.673. The summed E-state index contributed by atoms with van der Waals surface area (Å²) in [6, 6.07) is 21.0. The van der Waals surface area contributed by atoms with Gasteiger partial charge in [0.2, 0.25) is 0 Å². The van der Waals surface area contributed by atoms with Crippen molar-refractivity contribution in [2.24, 2.45) is 0 Å². The number of halogens is 1. The minimum Gasteiger partial charge on any atom is -0.345 e. The molecule has 17 heavy (non-hydrogen) atoms. The average molecular weight is 235 g/mol. The van der Waals surface area contributed by atoms with Crippen molar-refractivity contribution in [1.82, 2.24) is 0 Å². The third-order valence-corrected chi connectivity index (χ3v) is 3.75. The zero-order valence-electron chi connectivity index (χ0n) is 9.86. The fourth-order valence-corrected chi connectivity index (χ4v) is 2.74. The molecule has 1 aliphatic carbocycles. The van der Waals surface area contributed by atoms with Gasteiger partial charge in [0.05, 0.1) is 0 Å². The fourth-order valence-electron chi connectivity index (χ4n) is 2.32. The quantitative estimate of drug-likeness (QED) is 0.540. The molecule has 0 amide bonds. The number of rotatable bonds is 2. The summed E-state index contributed by atoms with van der Waals surface area (Å²) in [5.74, 6) is 0. The maximum atomic E-state index is 6.29. The van der Waals surface area contributed by atoms with Crippen LogP contribution in [0.4, 0.5) is 0 Å². The maximum absolute atomic E-state index is 6.29. The summed E-state index contributed by atoms with van der Waals surface area (Å²) in [7, 11) is 0. The Bertz CT molecular complexity index is 441. The molecule has 0 heterocycles. The molecular weight excluding hydrogens is 223 g/mol. The molecule has 3 rings (SSSR count). The van der Waals surface area contributed by atoms with Gasteiger partial charge in [-0.25, -0.2) is 5.38 Å². The zero-order chi connectivity index (χ0) is 11.0. The van der Waals surface area contributed by atoms with E-state index >= 15 is 0 Å². The summed E-state index contributed by atoms with van der Waals surface area (Å²) in [5.41, 5.74) is 2.57. The molecular formula is C15H12ClLi. The number of benzene rings is 2. The average Bonchev–Trinajstić information content (AvgIpc) is 3.05. The first kappa shape index (κ1) is 12.8. The maximum Gasteiger partial charge on any atom is 1.00 e. The van der Waals surface area contributed by atoms with Crippen molar-refractivity contribution in [2.75, 3.05) is 0 Å². The normalized spacial score (nSPS) is 17.2. The molecule has 1 saturated carbocycles. The van der Waals surface area contributed by atoms with Crippen molar-refractivity contribution in [3.63, 3.8) is 0 Å². The largest absolute Gasteiger partial charge is 1.00 e. The Morgan fingerprint density at radius 2 is 1.18 bits per heavy atom. The molecule has 0 bridgehead atoms. The summed E-state index contributed by atoms with van der Waals surface area (Å²) >= 11 is 6.29. The second-order valence-corrected chi connectivity index (χ2v) is 4.68. The van der Waals surface area contributed by atoms with E-state index in [-0.39, 0.29) is 24.3 Å². The molecule has 1 fully saturated rings. The van der Waals surface area contributed by atoms with Crippen LogP contribution in [-0.2, 0) is 5.41 Å². The second kappa shape index (κ2) is 4.90. The van der Waals surface area contributed by atoms with Crippen LogP contribution in [0.2, 0.25) is 0 Å². The minimum atomic E-state index is -0.0237. The molecule has 0 spiro atoms. The van der Waals surface area contributed by atoms with Crippen LogP contribution < -0.4 is 18.9 Å². The molecule has 2 aromatic rings. The van der Waals surface area contributed by atoms with Gasteiger partial charge in [-0.3, -0.25) is 0 Å². The van der Waals surface area contributed by atoms with Gasteiger partial charge in [-0.1, -0.05) is 71.8 Å². The Balaban J connectivity index is 0.00000108. The van der Waals surface area contributed by atoms with E-state index in [1.807, 2.05) is 12.1 Å². The van der Waals surface area contributed by atoms with Gasteiger partial charge in [0, 0.05) is 0 Å². The van der Waals surface area contributed by atoms with Gasteiger partial charge in [0.15, 0.2) is 0 Å². The van der Waals surface area contributed by atoms with E-state index in [0.717, 1.165) is 11.8 Å². The van der Waals surface area contributed by atoms with E-state index in [4.69, 9.17) is 11.6 Å². The van der Waals surface area contributed by atoms with Crippen LogP contribution in [0.15, 0.2) is 60.7 Å². The molecule has 0 unspecified atom stereocenters. The van der Waals surface area contributed by atoms with Crippen molar-refractivity contribution in [2.45, 2.75) is 11.8 Å². The Morgan fingerprint density at radius 3 is 1.47 bits per heavy atom. The Labute approximate surface area is 119 Å². The van der Waals surface area contributed by atoms with Crippen LogP contribution in [0, 0.1) is 5.38 Å². The van der Waals surface area contributed by atoms with E-state index < -0.39 is 0 Å². The van der Waals surface area contributed by atoms with Crippen LogP contribution >= 0.6 is 11.6 Å². The van der Waals surface area contributed by atoms with Gasteiger partial charge in [0.1, 0.15) is 0 Å². The van der Waals surface area contributed by atoms with Crippen molar-refractivity contribution in [3.8, 4) is 0 Å². The third-order valence-electron chi connectivity index (χ3n) is 3.29. The summed E-state index contributed by atoms with van der Waals surface area (Å²) in [6.45, 7) is 0. The summed E-state index contributed by atoms with van der Waals surface area (Å²) in [6.07, 6.45) is 0.961. The number of hydrogen-bond acceptors (Lipinski definition) is 0. The first-order valence-electron chi connectivity index (χ1n) is 5.47. The molecule has 1 aliphatic rings. The van der Waals surface area contributed by atoms with Gasteiger partial charge in [-0.2, -0.15) is 6.42 Å². The first-order valence-corrected chi connectivity index (χ1v) is 5.85. The predicted molar refractivity (Wildman–Crippen MR) is 67.4 cm³/mol. The topological polar surface area (TPSA) is 0 Å². The van der Waals surface area contributed by atoms with Crippen molar-refractivity contribution in [1.29, 1.82) is 0 Å². The summed E-state index contributed by atoms with van der Waals surface area (Å²) in [5, 5.41) is 1.05. The zero-order valence-corrected chi connectivity index (χ0v) is 10.6. The van der Waals surface area contributed by atoms with Crippen LogP contribution in [-0.4, -0.2) is 0 Å². The van der Waals surface area contributed by atoms with E-state index in [0.29, 0.717) is 0 Å². The van der Waals surface area contributed by atoms with Crippen molar-refractivity contribution >= 4 is 11.6 Å². The van der Waals surface area contributed by atoms with Gasteiger partial charge < -0.3 is 11.6 Å². The third kappa shape index (κ3) is 2.06. The van der Waals surface area contributed by atoms with Gasteiger partial charge >= 0.3 is 18.9 Å². The molecule has 0 atom stereocenters. The molecule has 0 radical (unpaired) electrons. The molecule has 0 N–H and O–H groups in total. The SMILES string of the molecule is Cl[C-]1CC1(c1ccccc1)c1ccccc1.[Li+]. The minimum absolute atomic E-state index is 0. The first-order chi connectivity index (χ1) is 7.84. The van der Waals surface area contributed by atoms with E-state index in [2.05, 4.69) is 48.5 Å². The van der Waals surface area contributed by atoms with E-state index in [1.54, 1.807) is 0 Å². The van der Waals surface area contributed by atoms with Crippen LogP contribution in [0.3, 0.4) is 0 Å². The molecule has 80 valence electrons. The second-order valence-electron chi connectivity index (χ2n) is 4.22. The molecule has 0 aliphatic heterocycles. The standard InChI is InChI=1S/C15H12Cl.Li/c16-14-11-15(14,12-7-3-1-4-8-12)13-9-5-2-6-10-13;/h1-10H,11H2;/q-1;+1. The smallest absolute Gasteiger partial charge is 0.345 e. The molecule has 0 saturated heterocycles. The van der Waals surface area contributed by atoms with Gasteiger partial charge in [0.25, 0.3) is 0 Å². The van der Waals surface area contributed by atoms with E-state index in [9.17, 15) is 0 Å². The summed E-state index contributed by atoms with van der Waals surface area (Å²) < 4.78 is 0. The van der Waals surface area contributed by atoms with Crippen LogP contribution in [0.5, 0.6) is 0 Å². The van der Waals surface area contributed by atoms with E-state index in [1.165, 1.54) is 11.1 Å². The summed E-state index contributed by atoms with van der Waals surface area (Å²) in [4.78, 5) is 0. The molecule has 0 aromatic heterocycles. The van der Waals surface area contributed by atoms with Crippen LogP contribution in [0.1, 0.15) is 17.5 Å². The van der Waals surface area contributed by atoms with Crippen LogP contribution in [0.25, 0.3) is 0 Å². The monoisotopic (exact) mass is 234 g/mol. The van der Waals surface area contributed by atoms with Gasteiger partial charge in [-0.05, 0) is 0 Å². The molecule has 0 nitrogen and oxygen atoms in total. The van der Waals surface area contributed by atoms with Crippen molar-refractivity contribution in [3.05, 3.63) is 77.2 Å². The van der Waals surface area contributed by atoms with Crippen molar-refractivity contribution < 1.29 is 18.9 Å². The van der Waals surface area contributed by atoms with Gasteiger partial charge in [-0.15, -0.1) is 5.41 Å². The Morgan fingerprint density at radius 1 is 0.824 bits per heavy atom. The number of hydrogen-bond donors (Lipinski definition) is 0. The predicted octanol–water partition coefficient (Wildman–Crippen LogP) is 1.15. The molecule has 2 aromatic carbocycles. The Kier molecular flexibility index (Phi) is 3.69.